The van der Waals surface area contributed by atoms with Gasteiger partial charge in [0.2, 0.25) is 17.7 Å². The Hall–Kier alpha value is -1.80. The minimum Gasteiger partial charge on any atom is -0.395 e. The number of rotatable bonds is 12. The van der Waals surface area contributed by atoms with Crippen molar-refractivity contribution in [2.75, 3.05) is 32.8 Å². The first-order chi connectivity index (χ1) is 17.6. The van der Waals surface area contributed by atoms with Crippen LogP contribution >= 0.6 is 11.8 Å². The zero-order chi connectivity index (χ0) is 28.7. The summed E-state index contributed by atoms with van der Waals surface area (Å²) >= 11 is 1.68. The molecule has 3 heterocycles. The molecule has 38 heavy (non-hydrogen) atoms. The highest BCUT2D eigenvalue weighted by atomic mass is 32.2. The van der Waals surface area contributed by atoms with Crippen molar-refractivity contribution in [1.29, 1.82) is 0 Å². The Labute approximate surface area is 234 Å². The fourth-order valence-electron chi connectivity index (χ4n) is 7.65. The number of hydrogen-bond acceptors (Lipinski definition) is 5. The van der Waals surface area contributed by atoms with E-state index < -0.39 is 32.9 Å². The molecule has 3 aliphatic heterocycles. The zero-order valence-corrected chi connectivity index (χ0v) is 25.4. The normalized spacial score (nSPS) is 30.4. The number of aliphatic hydroxyl groups excluding tert-OH is 1. The molecule has 1 N–H and O–H groups in total. The van der Waals surface area contributed by atoms with E-state index in [4.69, 9.17) is 0 Å². The molecule has 3 rings (SSSR count). The second kappa shape index (κ2) is 11.0. The second-order valence-corrected chi connectivity index (χ2v) is 15.2. The van der Waals surface area contributed by atoms with Gasteiger partial charge in [-0.1, -0.05) is 39.8 Å². The summed E-state index contributed by atoms with van der Waals surface area (Å²) in [6.45, 7) is 23.8. The Morgan fingerprint density at radius 1 is 1.13 bits per heavy atom. The number of hydrogen-bond donors (Lipinski definition) is 1. The van der Waals surface area contributed by atoms with Crippen LogP contribution in [-0.4, -0.2) is 91.4 Å². The number of carbonyl (C=O) groups is 3. The van der Waals surface area contributed by atoms with E-state index in [1.165, 1.54) is 0 Å². The van der Waals surface area contributed by atoms with E-state index in [1.807, 2.05) is 16.7 Å². The standard InChI is InChI=1S/C30H49N3O4S/c1-10-15-31(16-11-2)24(35)21-22-25(36)32(18-19-34)23(30(22)14-13-29(21,9)38-30)26(37)33(17-12-3)28(7,8)20-27(4,5)6/h10,12,21-23,34H,1,3,11,13-20H2,2,4-9H3/t21-,22-,23?,29+,30?/m0/s1. The fourth-order valence-corrected chi connectivity index (χ4v) is 9.99. The minimum absolute atomic E-state index is 0.0141. The molecule has 0 aliphatic carbocycles. The monoisotopic (exact) mass is 547 g/mol. The molecule has 0 radical (unpaired) electrons. The fraction of sp³-hybridized carbons (Fsp3) is 0.767. The van der Waals surface area contributed by atoms with E-state index in [-0.39, 0.29) is 36.3 Å². The molecule has 5 atom stereocenters. The number of aliphatic hydroxyl groups is 1. The maximum Gasteiger partial charge on any atom is 0.247 e. The first-order valence-electron chi connectivity index (χ1n) is 14.1. The number of fused-ring (bicyclic) bond motifs is 1. The summed E-state index contributed by atoms with van der Waals surface area (Å²) in [4.78, 5) is 48.1. The van der Waals surface area contributed by atoms with Gasteiger partial charge in [-0.05, 0) is 51.9 Å². The van der Waals surface area contributed by atoms with Crippen LogP contribution in [0.4, 0.5) is 0 Å². The van der Waals surface area contributed by atoms with Crippen LogP contribution in [0.15, 0.2) is 25.3 Å². The number of nitrogens with zero attached hydrogens (tertiary/aromatic N) is 3. The van der Waals surface area contributed by atoms with E-state index in [0.29, 0.717) is 26.1 Å². The molecule has 8 heteroatoms. The van der Waals surface area contributed by atoms with Gasteiger partial charge in [0.25, 0.3) is 0 Å². The summed E-state index contributed by atoms with van der Waals surface area (Å²) in [5.74, 6) is -1.39. The van der Waals surface area contributed by atoms with E-state index >= 15 is 0 Å². The van der Waals surface area contributed by atoms with Gasteiger partial charge in [0.05, 0.1) is 23.2 Å². The van der Waals surface area contributed by atoms with Crippen LogP contribution in [0, 0.1) is 17.3 Å². The Morgan fingerprint density at radius 2 is 1.76 bits per heavy atom. The molecule has 3 amide bonds. The average molecular weight is 548 g/mol. The number of thioether (sulfide) groups is 1. The molecule has 0 aromatic rings. The summed E-state index contributed by atoms with van der Waals surface area (Å²) in [5, 5.41) is 9.95. The maximum absolute atomic E-state index is 14.6. The molecule has 0 aromatic heterocycles. The molecule has 3 aliphatic rings. The molecule has 214 valence electrons. The van der Waals surface area contributed by atoms with Crippen molar-refractivity contribution in [2.24, 2.45) is 17.3 Å². The van der Waals surface area contributed by atoms with E-state index in [9.17, 15) is 19.5 Å². The quantitative estimate of drug-likeness (QED) is 0.372. The van der Waals surface area contributed by atoms with Gasteiger partial charge in [-0.3, -0.25) is 14.4 Å². The molecule has 0 saturated carbocycles. The van der Waals surface area contributed by atoms with Gasteiger partial charge >= 0.3 is 0 Å². The predicted octanol–water partition coefficient (Wildman–Crippen LogP) is 4.11. The maximum atomic E-state index is 14.6. The Balaban J connectivity index is 2.10. The van der Waals surface area contributed by atoms with Crippen molar-refractivity contribution in [3.63, 3.8) is 0 Å². The lowest BCUT2D eigenvalue weighted by Crippen LogP contribution is -2.60. The first-order valence-corrected chi connectivity index (χ1v) is 14.9. The van der Waals surface area contributed by atoms with Crippen LogP contribution in [0.1, 0.15) is 74.1 Å². The van der Waals surface area contributed by atoms with Crippen molar-refractivity contribution in [1.82, 2.24) is 14.7 Å². The van der Waals surface area contributed by atoms with Gasteiger partial charge in [0.1, 0.15) is 6.04 Å². The number of likely N-dealkylation sites (tertiary alicyclic amines) is 1. The lowest BCUT2D eigenvalue weighted by molar-refractivity contribution is -0.147. The molecule has 3 saturated heterocycles. The van der Waals surface area contributed by atoms with E-state index in [2.05, 4.69) is 54.7 Å². The SMILES string of the molecule is C=CCN(CCC)C(=O)[C@@H]1[C@H]2C(=O)N(CCO)C(C(=O)N(CC=C)C(C)(C)CC(C)(C)C)C23CC[C@@]1(C)S3. The Bertz CT molecular complexity index is 960. The smallest absolute Gasteiger partial charge is 0.247 e. The Morgan fingerprint density at radius 3 is 2.29 bits per heavy atom. The summed E-state index contributed by atoms with van der Waals surface area (Å²) in [7, 11) is 0. The van der Waals surface area contributed by atoms with Crippen LogP contribution in [0.5, 0.6) is 0 Å². The summed E-state index contributed by atoms with van der Waals surface area (Å²) in [6.07, 6.45) is 6.54. The largest absolute Gasteiger partial charge is 0.395 e. The van der Waals surface area contributed by atoms with Gasteiger partial charge in [0.15, 0.2) is 0 Å². The lowest BCUT2D eigenvalue weighted by Gasteiger charge is -2.46. The topological polar surface area (TPSA) is 81.2 Å². The van der Waals surface area contributed by atoms with E-state index in [1.54, 1.807) is 28.8 Å². The molecule has 2 unspecified atom stereocenters. The van der Waals surface area contributed by atoms with Crippen LogP contribution in [0.25, 0.3) is 0 Å². The minimum atomic E-state index is -0.727. The molecule has 0 aromatic carbocycles. The van der Waals surface area contributed by atoms with Crippen LogP contribution in [0.2, 0.25) is 0 Å². The summed E-state index contributed by atoms with van der Waals surface area (Å²) < 4.78 is -1.11. The molecule has 1 spiro atoms. The summed E-state index contributed by atoms with van der Waals surface area (Å²) in [6, 6.07) is -0.727. The zero-order valence-electron chi connectivity index (χ0n) is 24.6. The van der Waals surface area contributed by atoms with Gasteiger partial charge < -0.3 is 19.8 Å². The van der Waals surface area contributed by atoms with Gasteiger partial charge in [-0.15, -0.1) is 24.9 Å². The van der Waals surface area contributed by atoms with Crippen molar-refractivity contribution < 1.29 is 19.5 Å². The van der Waals surface area contributed by atoms with E-state index in [0.717, 1.165) is 19.3 Å². The first kappa shape index (κ1) is 30.7. The van der Waals surface area contributed by atoms with Crippen LogP contribution in [0.3, 0.4) is 0 Å². The highest BCUT2D eigenvalue weighted by molar-refractivity contribution is 8.02. The number of β-amino-alcohol motifs (C(OH)–C–C–N with tert-alkyl or cyclic N) is 1. The molecule has 2 bridgehead atoms. The highest BCUT2D eigenvalue weighted by Crippen LogP contribution is 2.71. The van der Waals surface area contributed by atoms with Crippen molar-refractivity contribution in [3.8, 4) is 0 Å². The number of carbonyl (C=O) groups excluding carboxylic acids is 3. The highest BCUT2D eigenvalue weighted by Gasteiger charge is 2.77. The van der Waals surface area contributed by atoms with Gasteiger partial charge in [-0.2, -0.15) is 0 Å². The predicted molar refractivity (Wildman–Crippen MR) is 155 cm³/mol. The average Bonchev–Trinajstić information content (AvgIpc) is 3.36. The number of amides is 3. The van der Waals surface area contributed by atoms with Gasteiger partial charge in [0, 0.05) is 36.5 Å². The van der Waals surface area contributed by atoms with Crippen LogP contribution in [-0.2, 0) is 14.4 Å². The van der Waals surface area contributed by atoms with Crippen LogP contribution < -0.4 is 0 Å². The van der Waals surface area contributed by atoms with Crippen molar-refractivity contribution >= 4 is 29.5 Å². The summed E-state index contributed by atoms with van der Waals surface area (Å²) in [5.41, 5.74) is -0.492. The molecule has 7 nitrogen and oxygen atoms in total. The lowest BCUT2D eigenvalue weighted by atomic mass is 9.66. The molecular formula is C30H49N3O4S. The van der Waals surface area contributed by atoms with Crippen molar-refractivity contribution in [2.45, 2.75) is 95.2 Å². The molecule has 3 fully saturated rings. The second-order valence-electron chi connectivity index (χ2n) is 13.3. The Kier molecular flexibility index (Phi) is 8.89. The van der Waals surface area contributed by atoms with Gasteiger partial charge in [-0.25, -0.2) is 0 Å². The van der Waals surface area contributed by atoms with Crippen molar-refractivity contribution in [3.05, 3.63) is 25.3 Å². The molecular weight excluding hydrogens is 498 g/mol. The third kappa shape index (κ3) is 5.19. The third-order valence-electron chi connectivity index (χ3n) is 8.54. The third-order valence-corrected chi connectivity index (χ3v) is 10.5.